The van der Waals surface area contributed by atoms with Crippen molar-refractivity contribution < 1.29 is 119 Å². The summed E-state index contributed by atoms with van der Waals surface area (Å²) < 4.78 is 155. The van der Waals surface area contributed by atoms with Crippen LogP contribution in [0.3, 0.4) is 0 Å². The number of azide groups is 1. The first-order valence-corrected chi connectivity index (χ1v) is 52.4. The number of carbonyl (C=O) groups excluding carboxylic acids is 3. The highest BCUT2D eigenvalue weighted by Crippen LogP contribution is 2.77. The number of benzene rings is 4. The van der Waals surface area contributed by atoms with Crippen LogP contribution in [0.1, 0.15) is 231 Å². The number of rotatable bonds is 31. The van der Waals surface area contributed by atoms with Crippen molar-refractivity contribution in [2.75, 3.05) is 40.1 Å². The van der Waals surface area contributed by atoms with E-state index in [-0.39, 0.29) is 97.9 Å². The van der Waals surface area contributed by atoms with Crippen LogP contribution in [-0.2, 0) is 138 Å². The van der Waals surface area contributed by atoms with Gasteiger partial charge < -0.3 is 109 Å². The summed E-state index contributed by atoms with van der Waals surface area (Å²) in [5, 5.41) is 4.46. The van der Waals surface area contributed by atoms with Crippen molar-refractivity contribution in [1.29, 1.82) is 0 Å². The van der Waals surface area contributed by atoms with E-state index in [1.54, 1.807) is 14.0 Å². The van der Waals surface area contributed by atoms with Gasteiger partial charge >= 0.3 is 5.97 Å². The Morgan fingerprint density at radius 3 is 1.83 bits per heavy atom. The Kier molecular flexibility index (Phi) is 31.1. The molecule has 0 radical (unpaired) electrons. The summed E-state index contributed by atoms with van der Waals surface area (Å²) in [4.78, 5) is 49.5. The zero-order chi connectivity index (χ0) is 99.1. The average molecular weight is 1950 g/mol. The summed E-state index contributed by atoms with van der Waals surface area (Å²) in [5.74, 6) is -2.75. The van der Waals surface area contributed by atoms with Crippen molar-refractivity contribution >= 4 is 18.0 Å². The second kappa shape index (κ2) is 41.9. The second-order valence-electron chi connectivity index (χ2n) is 46.5. The van der Waals surface area contributed by atoms with Crippen molar-refractivity contribution in [2.45, 2.75) is 382 Å². The maximum atomic E-state index is 17.1. The van der Waals surface area contributed by atoms with Gasteiger partial charge in [0.25, 0.3) is 0 Å². The summed E-state index contributed by atoms with van der Waals surface area (Å²) in [6.07, 6.45) is -8.76. The van der Waals surface area contributed by atoms with Crippen molar-refractivity contribution in [1.82, 2.24) is 0 Å². The molecule has 0 N–H and O–H groups in total. The molecule has 9 aliphatic heterocycles. The Bertz CT molecular complexity index is 4940. The van der Waals surface area contributed by atoms with E-state index in [1.807, 2.05) is 163 Å². The van der Waals surface area contributed by atoms with Crippen LogP contribution in [0, 0.1) is 104 Å². The van der Waals surface area contributed by atoms with Gasteiger partial charge in [-0.25, -0.2) is 0 Å². The fourth-order valence-electron chi connectivity index (χ4n) is 28.0. The van der Waals surface area contributed by atoms with Crippen molar-refractivity contribution in [2.24, 2.45) is 109 Å². The largest absolute Gasteiger partial charge is 0.432 e. The lowest BCUT2D eigenvalue weighted by atomic mass is 9.33. The predicted molar refractivity (Wildman–Crippen MR) is 516 cm³/mol. The number of aldehydes is 1. The first-order valence-electron chi connectivity index (χ1n) is 52.4. The van der Waals surface area contributed by atoms with Gasteiger partial charge in [0.2, 0.25) is 6.29 Å². The van der Waals surface area contributed by atoms with Gasteiger partial charge in [0, 0.05) is 41.3 Å². The third-order valence-electron chi connectivity index (χ3n) is 37.1. The van der Waals surface area contributed by atoms with Gasteiger partial charge in [-0.3, -0.25) is 9.59 Å². The molecule has 770 valence electrons. The normalized spacial score (nSPS) is 45.7. The predicted octanol–water partition coefficient (Wildman–Crippen LogP) is 19.2. The number of esters is 1. The molecule has 28 nitrogen and oxygen atoms in total. The van der Waals surface area contributed by atoms with Crippen LogP contribution in [0.5, 0.6) is 0 Å². The summed E-state index contributed by atoms with van der Waals surface area (Å²) in [5.41, 5.74) is 10.8. The number of nitrogens with zero attached hydrogens (tertiary/aromatic N) is 3. The molecule has 0 aromatic heterocycles. The van der Waals surface area contributed by atoms with Crippen LogP contribution in [0.15, 0.2) is 138 Å². The van der Waals surface area contributed by atoms with E-state index in [9.17, 15) is 15.1 Å². The maximum Gasteiger partial charge on any atom is 0.317 e. The number of Topliss-reactive ketones (excluding diaryl/α,β-unsaturated/α-hetero) is 1. The molecule has 28 heteroatoms. The maximum absolute atomic E-state index is 17.1. The molecule has 9 saturated heterocycles. The molecule has 0 amide bonds. The minimum atomic E-state index is -1.44. The molecule has 18 unspecified atom stereocenters. The fraction of sp³-hybridized carbons (Fsp3) is 0.741. The van der Waals surface area contributed by atoms with Gasteiger partial charge in [-0.05, 0) is 183 Å². The lowest BCUT2D eigenvalue weighted by Gasteiger charge is -2.71. The van der Waals surface area contributed by atoms with E-state index in [2.05, 4.69) is 106 Å². The minimum Gasteiger partial charge on any atom is -0.432 e. The molecule has 9 heterocycles. The zero-order valence-corrected chi connectivity index (χ0v) is 86.3. The molecule has 42 atom stereocenters. The van der Waals surface area contributed by atoms with E-state index in [0.717, 1.165) is 47.8 Å². The molecular weight excluding hydrogens is 1790 g/mol. The third-order valence-corrected chi connectivity index (χ3v) is 37.1. The number of carbonyl (C=O) groups is 3. The van der Waals surface area contributed by atoms with Crippen molar-refractivity contribution in [3.05, 3.63) is 166 Å². The average Bonchev–Trinajstić information content (AvgIpc) is 0.685. The van der Waals surface area contributed by atoms with Gasteiger partial charge in [-0.1, -0.05) is 249 Å². The van der Waals surface area contributed by atoms with Crippen LogP contribution in [-0.4, -0.2) is 211 Å². The molecule has 4 aromatic rings. The van der Waals surface area contributed by atoms with Crippen LogP contribution in [0.25, 0.3) is 10.4 Å². The van der Waals surface area contributed by atoms with E-state index < -0.39 is 199 Å². The number of methoxy groups -OCH3 is 1. The van der Waals surface area contributed by atoms with Gasteiger partial charge in [0.1, 0.15) is 66.1 Å². The van der Waals surface area contributed by atoms with Gasteiger partial charge in [-0.15, -0.1) is 0 Å². The minimum absolute atomic E-state index is 0.00660. The second-order valence-corrected chi connectivity index (χ2v) is 46.5. The van der Waals surface area contributed by atoms with Crippen LogP contribution in [0.2, 0.25) is 0 Å². The fourth-order valence-corrected chi connectivity index (χ4v) is 28.0. The number of fused-ring (bicyclic) bond motifs is 9. The molecule has 18 rings (SSSR count). The van der Waals surface area contributed by atoms with E-state index in [0.29, 0.717) is 75.9 Å². The number of hydrogen-bond acceptors (Lipinski definition) is 26. The highest BCUT2D eigenvalue weighted by atomic mass is 16.8. The highest BCUT2D eigenvalue weighted by Gasteiger charge is 2.74. The van der Waals surface area contributed by atoms with Crippen LogP contribution in [0.4, 0.5) is 0 Å². The molecule has 4 saturated carbocycles. The third kappa shape index (κ3) is 19.6. The molecule has 140 heavy (non-hydrogen) atoms. The monoisotopic (exact) mass is 1940 g/mol. The molecule has 4 aromatic carbocycles. The number of hydrogen-bond donors (Lipinski definition) is 0. The lowest BCUT2D eigenvalue weighted by Crippen LogP contribution is -2.69. The topological polar surface area (TPSA) is 303 Å². The standard InChI is InChI=1S/C112H157N3O25/c1-22-79-65(5)64(4)67(7)98(127-79)135-93-89(132-96-66(6)63(3)62(2)53-123-96)69(9)87(71(11)117)130-101(93)129-84-46-47-107(17)82(108(84,18)59-116)45-48-109(19)83(107)44-43-77-78-51-105(13,14)49-50-112(78,85(119-21)52-110(77,109)20)104(118)137-100-90(68(8)86(114-115-113)80(128-100)57-120-54-73-35-27-23-28-36-73)133-102-94-92(138-106(15,16)139-94)91(72(12)126-102)134-97-70(10)88(81(58-124-97)122-56-75-39-31-25-32-40-75)131-103-95-111(61-125-103,60-121-55-74-37-29-24-30-38-74)140-99(136-95)76-41-33-26-34-42-76/h23-43,59,62-70,72,78-103H,22,44-58,60-61H2,1-21H3/t62-,63+,64+,65-,66?,67?,68?,69-,70?,72?,78?,79?,80-,81-,82-,83?,84+,85-,86-,87?,88?,89+,90?,91+,92?,93?,94?,95?,96+,97+,98+,99+,100+,101-,102+,103+,107?,108?,109-,110?,111+,112-/m1/s1. The zero-order valence-electron chi connectivity index (χ0n) is 86.3. The summed E-state index contributed by atoms with van der Waals surface area (Å²) >= 11 is 0. The SMILES string of the molecule is CCC1O[C@@H](OC2[C@H](O[C@H]3CCC4(C)C5CC=C6C7CC(C)(C)CC[C@]7(C(=O)O[C@@H]7O[C@H](COCc8ccccc8)[C@H](N=[N+]=[N-])C(C)C7O[C@@H]7OC(C)[C@H](O[C@@H]8OC[C@@H](OCc9ccccc9)C(O[C@@H]9OC[C@]%10(COCc%11ccccc%11)O[C@@H](c%11ccccc%11)OC9%10)C8C)C8OC(C)(C)OC87)[C@H](OC)CC6(C)[C@]5(C)CC[C@H]4C3(C)C=O)OC(C(C)=O)[C@@H](C)[C@@H]2O[C@@H]2OC[C@@H](C)[C@H](C)C2C)C(C)[C@@H](C)[C@H]1C. The number of allylic oxidation sites excluding steroid dienone is 2. The Labute approximate surface area is 828 Å². The van der Waals surface area contributed by atoms with Crippen molar-refractivity contribution in [3.63, 3.8) is 0 Å². The van der Waals surface area contributed by atoms with Gasteiger partial charge in [0.15, 0.2) is 55.6 Å². The molecule has 0 bridgehead atoms. The first kappa shape index (κ1) is 104. The Morgan fingerprint density at radius 2 is 1.16 bits per heavy atom. The smallest absolute Gasteiger partial charge is 0.317 e. The quantitative estimate of drug-likeness (QED) is 0.00859. The van der Waals surface area contributed by atoms with E-state index in [4.69, 9.17) is 104 Å². The highest BCUT2D eigenvalue weighted by molar-refractivity contribution is 5.81. The first-order chi connectivity index (χ1) is 66.9. The lowest BCUT2D eigenvalue weighted by molar-refractivity contribution is -0.374. The molecule has 14 aliphatic rings. The van der Waals surface area contributed by atoms with Gasteiger partial charge in [0.05, 0.1) is 107 Å². The molecule has 0 spiro atoms. The molecular formula is C112H157N3O25. The van der Waals surface area contributed by atoms with Crippen molar-refractivity contribution in [3.8, 4) is 0 Å². The van der Waals surface area contributed by atoms with Crippen LogP contribution >= 0.6 is 0 Å². The summed E-state index contributed by atoms with van der Waals surface area (Å²) in [6, 6.07) is 38.7. The van der Waals surface area contributed by atoms with Gasteiger partial charge in [-0.2, -0.15) is 0 Å². The van der Waals surface area contributed by atoms with E-state index >= 15 is 4.79 Å². The number of ketones is 1. The Hall–Kier alpha value is -6.10. The van der Waals surface area contributed by atoms with E-state index in [1.165, 1.54) is 5.57 Å². The summed E-state index contributed by atoms with van der Waals surface area (Å²) in [7, 11) is 1.74. The summed E-state index contributed by atoms with van der Waals surface area (Å²) in [6.45, 7) is 44.4. The Balaban J connectivity index is 0.617. The molecule has 13 fully saturated rings. The van der Waals surface area contributed by atoms with Crippen LogP contribution < -0.4 is 0 Å². The Morgan fingerprint density at radius 1 is 0.536 bits per heavy atom. The number of ether oxygens (including phenoxy) is 22. The molecule has 5 aliphatic carbocycles.